The third kappa shape index (κ3) is 3.10. The fourth-order valence-corrected chi connectivity index (χ4v) is 2.92. The summed E-state index contributed by atoms with van der Waals surface area (Å²) in [5, 5.41) is 6.70. The molecule has 2 aromatic heterocycles. The zero-order valence-electron chi connectivity index (χ0n) is 9.43. The first-order chi connectivity index (χ1) is 7.75. The van der Waals surface area contributed by atoms with Gasteiger partial charge < -0.3 is 5.32 Å². The maximum absolute atomic E-state index is 4.29. The van der Waals surface area contributed by atoms with Crippen LogP contribution < -0.4 is 5.32 Å². The van der Waals surface area contributed by atoms with Crippen molar-refractivity contribution in [2.75, 3.05) is 6.54 Å². The van der Waals surface area contributed by atoms with Gasteiger partial charge in [0.2, 0.25) is 0 Å². The number of nitrogens with zero attached hydrogens (tertiary/aromatic N) is 2. The average Bonchev–Trinajstić information content (AvgIpc) is 2.89. The van der Waals surface area contributed by atoms with Crippen molar-refractivity contribution in [1.29, 1.82) is 0 Å². The zero-order valence-corrected chi connectivity index (χ0v) is 11.1. The van der Waals surface area contributed by atoms with Crippen LogP contribution in [0.25, 0.3) is 0 Å². The van der Waals surface area contributed by atoms with Crippen LogP contribution in [0.15, 0.2) is 17.1 Å². The maximum Gasteiger partial charge on any atom is 0.0896 e. The van der Waals surface area contributed by atoms with Gasteiger partial charge in [-0.1, -0.05) is 0 Å². The van der Waals surface area contributed by atoms with E-state index in [1.165, 1.54) is 4.88 Å². The summed E-state index contributed by atoms with van der Waals surface area (Å²) in [6, 6.07) is 0.334. The van der Waals surface area contributed by atoms with Crippen molar-refractivity contribution in [2.45, 2.75) is 26.3 Å². The Morgan fingerprint density at radius 3 is 2.94 bits per heavy atom. The first kappa shape index (κ1) is 11.7. The standard InChI is InChI=1S/C11H15N3S2/c1-8(11-6-15-7-14-11)12-4-3-10-5-13-9(2)16-10/h5-8,12H,3-4H2,1-2H3. The summed E-state index contributed by atoms with van der Waals surface area (Å²) in [6.07, 6.45) is 3.01. The van der Waals surface area contributed by atoms with Gasteiger partial charge >= 0.3 is 0 Å². The second-order valence-electron chi connectivity index (χ2n) is 3.68. The van der Waals surface area contributed by atoms with E-state index in [9.17, 15) is 0 Å². The highest BCUT2D eigenvalue weighted by molar-refractivity contribution is 7.11. The zero-order chi connectivity index (χ0) is 11.4. The largest absolute Gasteiger partial charge is 0.308 e. The van der Waals surface area contributed by atoms with Gasteiger partial charge in [0.1, 0.15) is 0 Å². The predicted octanol–water partition coefficient (Wildman–Crippen LogP) is 2.80. The topological polar surface area (TPSA) is 37.8 Å². The molecule has 5 heteroatoms. The van der Waals surface area contributed by atoms with Crippen LogP contribution in [0.5, 0.6) is 0 Å². The molecule has 1 unspecified atom stereocenters. The summed E-state index contributed by atoms with van der Waals surface area (Å²) >= 11 is 3.41. The van der Waals surface area contributed by atoms with Gasteiger partial charge in [-0.25, -0.2) is 9.97 Å². The predicted molar refractivity (Wildman–Crippen MR) is 69.1 cm³/mol. The molecule has 1 atom stereocenters. The second kappa shape index (κ2) is 5.52. The first-order valence-electron chi connectivity index (χ1n) is 5.28. The molecule has 0 amide bonds. The number of aromatic nitrogens is 2. The molecule has 0 saturated heterocycles. The van der Waals surface area contributed by atoms with E-state index in [2.05, 4.69) is 27.6 Å². The Kier molecular flexibility index (Phi) is 4.04. The number of rotatable bonds is 5. The fourth-order valence-electron chi connectivity index (χ4n) is 1.47. The Hall–Kier alpha value is -0.780. The number of thiazole rings is 2. The van der Waals surface area contributed by atoms with Gasteiger partial charge in [0.05, 0.1) is 16.2 Å². The van der Waals surface area contributed by atoms with Gasteiger partial charge in [-0.2, -0.15) is 0 Å². The van der Waals surface area contributed by atoms with Crippen LogP contribution in [0.1, 0.15) is 28.5 Å². The van der Waals surface area contributed by atoms with Gasteiger partial charge in [-0.05, 0) is 20.3 Å². The van der Waals surface area contributed by atoms with Crippen LogP contribution in [0.4, 0.5) is 0 Å². The lowest BCUT2D eigenvalue weighted by molar-refractivity contribution is 0.568. The molecule has 0 saturated carbocycles. The van der Waals surface area contributed by atoms with Crippen LogP contribution in [0.3, 0.4) is 0 Å². The number of hydrogen-bond donors (Lipinski definition) is 1. The Balaban J connectivity index is 1.76. The Bertz CT molecular complexity index is 422. The average molecular weight is 253 g/mol. The summed E-state index contributed by atoms with van der Waals surface area (Å²) in [4.78, 5) is 9.88. The minimum absolute atomic E-state index is 0.334. The van der Waals surface area contributed by atoms with Crippen molar-refractivity contribution in [3.05, 3.63) is 32.7 Å². The van der Waals surface area contributed by atoms with E-state index < -0.39 is 0 Å². The van der Waals surface area contributed by atoms with E-state index in [1.807, 2.05) is 18.6 Å². The van der Waals surface area contributed by atoms with E-state index in [-0.39, 0.29) is 0 Å². The summed E-state index contributed by atoms with van der Waals surface area (Å²) in [6.45, 7) is 5.16. The second-order valence-corrected chi connectivity index (χ2v) is 5.72. The molecule has 0 aromatic carbocycles. The molecule has 0 bridgehead atoms. The van der Waals surface area contributed by atoms with Crippen LogP contribution in [0.2, 0.25) is 0 Å². The molecule has 86 valence electrons. The Morgan fingerprint density at radius 1 is 1.44 bits per heavy atom. The summed E-state index contributed by atoms with van der Waals surface area (Å²) < 4.78 is 0. The van der Waals surface area contributed by atoms with Crippen LogP contribution in [0, 0.1) is 6.92 Å². The number of nitrogens with one attached hydrogen (secondary N) is 1. The molecule has 2 heterocycles. The van der Waals surface area contributed by atoms with Gasteiger partial charge in [-0.3, -0.25) is 0 Å². The molecular weight excluding hydrogens is 238 g/mol. The highest BCUT2D eigenvalue weighted by atomic mass is 32.1. The minimum Gasteiger partial charge on any atom is -0.308 e. The molecule has 0 aliphatic carbocycles. The maximum atomic E-state index is 4.29. The van der Waals surface area contributed by atoms with Crippen LogP contribution in [-0.2, 0) is 6.42 Å². The van der Waals surface area contributed by atoms with E-state index in [4.69, 9.17) is 0 Å². The molecule has 0 spiro atoms. The summed E-state index contributed by atoms with van der Waals surface area (Å²) in [5.74, 6) is 0. The molecule has 0 fully saturated rings. The minimum atomic E-state index is 0.334. The smallest absolute Gasteiger partial charge is 0.0896 e. The molecule has 16 heavy (non-hydrogen) atoms. The van der Waals surface area contributed by atoms with Crippen LogP contribution >= 0.6 is 22.7 Å². The molecule has 1 N–H and O–H groups in total. The van der Waals surface area contributed by atoms with Gasteiger partial charge in [-0.15, -0.1) is 22.7 Å². The van der Waals surface area contributed by atoms with Crippen molar-refractivity contribution in [2.24, 2.45) is 0 Å². The molecule has 0 radical (unpaired) electrons. The molecule has 2 rings (SSSR count). The highest BCUT2D eigenvalue weighted by Crippen LogP contribution is 2.14. The van der Waals surface area contributed by atoms with Crippen molar-refractivity contribution in [1.82, 2.24) is 15.3 Å². The SMILES string of the molecule is Cc1ncc(CCNC(C)c2cscn2)s1. The Labute approximate surface area is 104 Å². The van der Waals surface area contributed by atoms with Crippen molar-refractivity contribution in [3.8, 4) is 0 Å². The van der Waals surface area contributed by atoms with E-state index in [1.54, 1.807) is 22.7 Å². The molecule has 3 nitrogen and oxygen atoms in total. The van der Waals surface area contributed by atoms with E-state index >= 15 is 0 Å². The number of aryl methyl sites for hydroxylation is 1. The van der Waals surface area contributed by atoms with Gasteiger partial charge in [0.15, 0.2) is 0 Å². The quantitative estimate of drug-likeness (QED) is 0.890. The molecule has 0 aliphatic heterocycles. The van der Waals surface area contributed by atoms with Crippen molar-refractivity contribution >= 4 is 22.7 Å². The van der Waals surface area contributed by atoms with E-state index in [0.29, 0.717) is 6.04 Å². The lowest BCUT2D eigenvalue weighted by Gasteiger charge is -2.10. The third-order valence-electron chi connectivity index (χ3n) is 2.39. The van der Waals surface area contributed by atoms with Gasteiger partial charge in [0.25, 0.3) is 0 Å². The lowest BCUT2D eigenvalue weighted by Crippen LogP contribution is -2.21. The monoisotopic (exact) mass is 253 g/mol. The number of hydrogen-bond acceptors (Lipinski definition) is 5. The molecular formula is C11H15N3S2. The lowest BCUT2D eigenvalue weighted by atomic mass is 10.2. The first-order valence-corrected chi connectivity index (χ1v) is 7.04. The molecule has 0 aliphatic rings. The normalized spacial score (nSPS) is 12.9. The Morgan fingerprint density at radius 2 is 2.31 bits per heavy atom. The van der Waals surface area contributed by atoms with Gasteiger partial charge in [0, 0.05) is 29.0 Å². The molecule has 2 aromatic rings. The van der Waals surface area contributed by atoms with Crippen molar-refractivity contribution in [3.63, 3.8) is 0 Å². The summed E-state index contributed by atoms with van der Waals surface area (Å²) in [5.41, 5.74) is 3.01. The van der Waals surface area contributed by atoms with Crippen molar-refractivity contribution < 1.29 is 0 Å². The van der Waals surface area contributed by atoms with Crippen LogP contribution in [-0.4, -0.2) is 16.5 Å². The van der Waals surface area contributed by atoms with E-state index in [0.717, 1.165) is 23.7 Å². The summed E-state index contributed by atoms with van der Waals surface area (Å²) in [7, 11) is 0. The third-order valence-corrected chi connectivity index (χ3v) is 3.96. The fraction of sp³-hybridized carbons (Fsp3) is 0.455. The highest BCUT2D eigenvalue weighted by Gasteiger charge is 2.06.